The van der Waals surface area contributed by atoms with Crippen LogP contribution in [-0.4, -0.2) is 13.0 Å². The first-order valence-electron chi connectivity index (χ1n) is 3.92. The van der Waals surface area contributed by atoms with Crippen LogP contribution in [0.2, 0.25) is 0 Å². The maximum Gasteiger partial charge on any atom is 0.252 e. The van der Waals surface area contributed by atoms with Crippen molar-refractivity contribution in [1.82, 2.24) is 5.32 Å². The molecule has 0 atom stereocenters. The van der Waals surface area contributed by atoms with Gasteiger partial charge in [-0.25, -0.2) is 0 Å². The number of hydrogen-bond acceptors (Lipinski definition) is 2. The molecule has 1 aromatic carbocycles. The molecule has 1 amide bonds. The maximum atomic E-state index is 11.4. The summed E-state index contributed by atoms with van der Waals surface area (Å²) in [6, 6.07) is 7.20. The Morgan fingerprint density at radius 1 is 1.54 bits per heavy atom. The highest BCUT2D eigenvalue weighted by Crippen LogP contribution is 2.12. The molecule has 1 rings (SSSR count). The van der Waals surface area contributed by atoms with Crippen molar-refractivity contribution < 1.29 is 4.79 Å². The van der Waals surface area contributed by atoms with Gasteiger partial charge in [-0.3, -0.25) is 4.79 Å². The van der Waals surface area contributed by atoms with Crippen molar-refractivity contribution in [3.8, 4) is 6.07 Å². The van der Waals surface area contributed by atoms with Crippen molar-refractivity contribution in [3.05, 3.63) is 34.9 Å². The summed E-state index contributed by atoms with van der Waals surface area (Å²) >= 11 is 0. The molecule has 0 aliphatic carbocycles. The van der Waals surface area contributed by atoms with Gasteiger partial charge in [-0.1, -0.05) is 12.1 Å². The molecule has 0 aliphatic rings. The topological polar surface area (TPSA) is 52.9 Å². The van der Waals surface area contributed by atoms with Gasteiger partial charge in [0.05, 0.1) is 17.2 Å². The zero-order chi connectivity index (χ0) is 9.84. The van der Waals surface area contributed by atoms with E-state index in [9.17, 15) is 4.79 Å². The molecule has 0 radical (unpaired) electrons. The lowest BCUT2D eigenvalue weighted by atomic mass is 10.0. The molecule has 0 spiro atoms. The van der Waals surface area contributed by atoms with Crippen LogP contribution in [0.1, 0.15) is 21.5 Å². The van der Waals surface area contributed by atoms with E-state index in [0.717, 1.165) is 5.56 Å². The standard InChI is InChI=1S/C10H10N2O/c1-7-4-3-5-8(6-11)9(7)10(13)12-2/h3-5H,1-2H3,(H,12,13). The third-order valence-electron chi connectivity index (χ3n) is 1.85. The molecule has 1 aromatic rings. The zero-order valence-electron chi connectivity index (χ0n) is 7.59. The molecular weight excluding hydrogens is 164 g/mol. The minimum Gasteiger partial charge on any atom is -0.355 e. The number of carbonyl (C=O) groups is 1. The fourth-order valence-electron chi connectivity index (χ4n) is 1.19. The number of amides is 1. The third-order valence-corrected chi connectivity index (χ3v) is 1.85. The summed E-state index contributed by atoms with van der Waals surface area (Å²) < 4.78 is 0. The average molecular weight is 174 g/mol. The van der Waals surface area contributed by atoms with Gasteiger partial charge in [0.1, 0.15) is 0 Å². The van der Waals surface area contributed by atoms with E-state index in [-0.39, 0.29) is 5.91 Å². The van der Waals surface area contributed by atoms with Gasteiger partial charge in [-0.15, -0.1) is 0 Å². The molecule has 0 fully saturated rings. The van der Waals surface area contributed by atoms with Crippen LogP contribution in [0, 0.1) is 18.3 Å². The van der Waals surface area contributed by atoms with Gasteiger partial charge in [-0.2, -0.15) is 5.26 Å². The number of rotatable bonds is 1. The van der Waals surface area contributed by atoms with Gasteiger partial charge in [-0.05, 0) is 18.6 Å². The van der Waals surface area contributed by atoms with Crippen molar-refractivity contribution >= 4 is 5.91 Å². The van der Waals surface area contributed by atoms with Crippen LogP contribution in [0.3, 0.4) is 0 Å². The highest BCUT2D eigenvalue weighted by Gasteiger charge is 2.11. The fraction of sp³-hybridized carbons (Fsp3) is 0.200. The maximum absolute atomic E-state index is 11.4. The molecule has 3 heteroatoms. The minimum absolute atomic E-state index is 0.213. The zero-order valence-corrected chi connectivity index (χ0v) is 7.59. The van der Waals surface area contributed by atoms with Gasteiger partial charge < -0.3 is 5.32 Å². The molecular formula is C10H10N2O. The number of carbonyl (C=O) groups excluding carboxylic acids is 1. The van der Waals surface area contributed by atoms with Gasteiger partial charge >= 0.3 is 0 Å². The van der Waals surface area contributed by atoms with E-state index in [1.807, 2.05) is 19.1 Å². The predicted molar refractivity (Wildman–Crippen MR) is 49.3 cm³/mol. The lowest BCUT2D eigenvalue weighted by molar-refractivity contribution is 0.0962. The van der Waals surface area contributed by atoms with Gasteiger partial charge in [0, 0.05) is 7.05 Å². The Hall–Kier alpha value is -1.82. The normalized spacial score (nSPS) is 9.00. The summed E-state index contributed by atoms with van der Waals surface area (Å²) in [6.07, 6.45) is 0. The quantitative estimate of drug-likeness (QED) is 0.696. The van der Waals surface area contributed by atoms with Crippen LogP contribution in [-0.2, 0) is 0 Å². The van der Waals surface area contributed by atoms with Crippen LogP contribution < -0.4 is 5.32 Å². The summed E-state index contributed by atoms with van der Waals surface area (Å²) in [5, 5.41) is 11.3. The largest absolute Gasteiger partial charge is 0.355 e. The number of nitrogens with one attached hydrogen (secondary N) is 1. The smallest absolute Gasteiger partial charge is 0.252 e. The Morgan fingerprint density at radius 3 is 2.77 bits per heavy atom. The number of nitriles is 1. The van der Waals surface area contributed by atoms with E-state index in [4.69, 9.17) is 5.26 Å². The Morgan fingerprint density at radius 2 is 2.23 bits per heavy atom. The van der Waals surface area contributed by atoms with Crippen LogP contribution in [0.5, 0.6) is 0 Å². The summed E-state index contributed by atoms with van der Waals surface area (Å²) in [5.41, 5.74) is 1.70. The Balaban J connectivity index is 3.33. The summed E-state index contributed by atoms with van der Waals surface area (Å²) in [4.78, 5) is 11.4. The molecule has 0 unspecified atom stereocenters. The Bertz CT molecular complexity index is 377. The first kappa shape index (κ1) is 9.27. The van der Waals surface area contributed by atoms with Gasteiger partial charge in [0.15, 0.2) is 0 Å². The van der Waals surface area contributed by atoms with Crippen molar-refractivity contribution in [2.24, 2.45) is 0 Å². The van der Waals surface area contributed by atoms with E-state index in [1.54, 1.807) is 19.2 Å². The highest BCUT2D eigenvalue weighted by molar-refractivity contribution is 5.97. The van der Waals surface area contributed by atoms with E-state index >= 15 is 0 Å². The molecule has 0 aliphatic heterocycles. The Labute approximate surface area is 77.0 Å². The lowest BCUT2D eigenvalue weighted by Crippen LogP contribution is -2.20. The first-order valence-corrected chi connectivity index (χ1v) is 3.92. The lowest BCUT2D eigenvalue weighted by Gasteiger charge is -2.05. The summed E-state index contributed by atoms with van der Waals surface area (Å²) in [6.45, 7) is 1.81. The first-order chi connectivity index (χ1) is 6.20. The van der Waals surface area contributed by atoms with E-state index < -0.39 is 0 Å². The molecule has 0 saturated heterocycles. The monoisotopic (exact) mass is 174 g/mol. The number of hydrogen-bond donors (Lipinski definition) is 1. The Kier molecular flexibility index (Phi) is 2.65. The van der Waals surface area contributed by atoms with E-state index in [0.29, 0.717) is 11.1 Å². The second-order valence-corrected chi connectivity index (χ2v) is 2.69. The molecule has 13 heavy (non-hydrogen) atoms. The summed E-state index contributed by atoms with van der Waals surface area (Å²) in [7, 11) is 1.55. The SMILES string of the molecule is CNC(=O)c1c(C)cccc1C#N. The molecule has 1 N–H and O–H groups in total. The van der Waals surface area contributed by atoms with Gasteiger partial charge in [0.25, 0.3) is 5.91 Å². The van der Waals surface area contributed by atoms with E-state index in [1.165, 1.54) is 0 Å². The van der Waals surface area contributed by atoms with E-state index in [2.05, 4.69) is 5.32 Å². The minimum atomic E-state index is -0.213. The van der Waals surface area contributed by atoms with Crippen molar-refractivity contribution in [3.63, 3.8) is 0 Å². The number of nitrogens with zero attached hydrogens (tertiary/aromatic N) is 1. The molecule has 0 saturated carbocycles. The molecule has 0 heterocycles. The molecule has 0 bridgehead atoms. The molecule has 3 nitrogen and oxygen atoms in total. The van der Waals surface area contributed by atoms with Crippen LogP contribution in [0.25, 0.3) is 0 Å². The number of aryl methyl sites for hydroxylation is 1. The van der Waals surface area contributed by atoms with Crippen LogP contribution in [0.15, 0.2) is 18.2 Å². The van der Waals surface area contributed by atoms with Crippen molar-refractivity contribution in [2.75, 3.05) is 7.05 Å². The summed E-state index contributed by atoms with van der Waals surface area (Å²) in [5.74, 6) is -0.213. The molecule has 0 aromatic heterocycles. The average Bonchev–Trinajstić information content (AvgIpc) is 2.16. The molecule has 66 valence electrons. The van der Waals surface area contributed by atoms with Crippen LogP contribution in [0.4, 0.5) is 0 Å². The van der Waals surface area contributed by atoms with Crippen molar-refractivity contribution in [1.29, 1.82) is 5.26 Å². The second kappa shape index (κ2) is 3.72. The second-order valence-electron chi connectivity index (χ2n) is 2.69. The predicted octanol–water partition coefficient (Wildman–Crippen LogP) is 1.23. The highest BCUT2D eigenvalue weighted by atomic mass is 16.1. The number of benzene rings is 1. The van der Waals surface area contributed by atoms with Gasteiger partial charge in [0.2, 0.25) is 0 Å². The van der Waals surface area contributed by atoms with Crippen molar-refractivity contribution in [2.45, 2.75) is 6.92 Å². The fourth-order valence-corrected chi connectivity index (χ4v) is 1.19. The van der Waals surface area contributed by atoms with Crippen LogP contribution >= 0.6 is 0 Å². The third kappa shape index (κ3) is 1.67.